The van der Waals surface area contributed by atoms with Gasteiger partial charge in [-0.15, -0.1) is 0 Å². The van der Waals surface area contributed by atoms with Gasteiger partial charge < -0.3 is 14.6 Å². The third-order valence-electron chi connectivity index (χ3n) is 3.96. The lowest BCUT2D eigenvalue weighted by atomic mass is 10.0. The number of nitriles is 1. The van der Waals surface area contributed by atoms with Crippen LogP contribution in [0.1, 0.15) is 32.0 Å². The molecule has 7 heteroatoms. The molecule has 0 aliphatic rings. The standard InChI is InChI=1S/C21H12ClNO5/c22-18-7-5-14(21(26)27)10-17(18)19-8-6-16(28-19)9-15(11-23)12-1-3-13(4-2-12)20(24)25/h1-10H,(H,24,25)(H,26,27)/b15-9-. The second-order valence-electron chi connectivity index (χ2n) is 5.75. The Balaban J connectivity index is 1.95. The van der Waals surface area contributed by atoms with Crippen LogP contribution in [0.5, 0.6) is 0 Å². The van der Waals surface area contributed by atoms with Gasteiger partial charge in [0.25, 0.3) is 0 Å². The highest BCUT2D eigenvalue weighted by atomic mass is 35.5. The van der Waals surface area contributed by atoms with Gasteiger partial charge in [0.15, 0.2) is 0 Å². The monoisotopic (exact) mass is 393 g/mol. The van der Waals surface area contributed by atoms with Crippen molar-refractivity contribution in [1.82, 2.24) is 0 Å². The molecule has 0 saturated carbocycles. The van der Waals surface area contributed by atoms with E-state index in [1.807, 2.05) is 6.07 Å². The molecule has 2 N–H and O–H groups in total. The van der Waals surface area contributed by atoms with Crippen molar-refractivity contribution in [3.05, 3.63) is 82.1 Å². The van der Waals surface area contributed by atoms with Gasteiger partial charge in [0.2, 0.25) is 0 Å². The largest absolute Gasteiger partial charge is 0.478 e. The number of carboxylic acids is 2. The Morgan fingerprint density at radius 2 is 1.54 bits per heavy atom. The Bertz CT molecular complexity index is 1140. The smallest absolute Gasteiger partial charge is 0.335 e. The number of benzene rings is 2. The number of hydrogen-bond donors (Lipinski definition) is 2. The van der Waals surface area contributed by atoms with Crippen LogP contribution in [0.2, 0.25) is 5.02 Å². The molecule has 0 aliphatic carbocycles. The van der Waals surface area contributed by atoms with Crippen molar-refractivity contribution < 1.29 is 24.2 Å². The van der Waals surface area contributed by atoms with Gasteiger partial charge >= 0.3 is 11.9 Å². The predicted octanol–water partition coefficient (Wildman–Crippen LogP) is 5.06. The molecule has 0 saturated heterocycles. The van der Waals surface area contributed by atoms with Gasteiger partial charge in [-0.2, -0.15) is 5.26 Å². The number of hydrogen-bond acceptors (Lipinski definition) is 4. The van der Waals surface area contributed by atoms with Gasteiger partial charge in [0, 0.05) is 5.56 Å². The fourth-order valence-electron chi connectivity index (χ4n) is 2.54. The van der Waals surface area contributed by atoms with Crippen LogP contribution in [0.4, 0.5) is 0 Å². The zero-order chi connectivity index (χ0) is 20.3. The van der Waals surface area contributed by atoms with Crippen LogP contribution in [0.15, 0.2) is 59.0 Å². The summed E-state index contributed by atoms with van der Waals surface area (Å²) in [4.78, 5) is 22.1. The summed E-state index contributed by atoms with van der Waals surface area (Å²) >= 11 is 6.15. The summed E-state index contributed by atoms with van der Waals surface area (Å²) in [6.07, 6.45) is 1.51. The van der Waals surface area contributed by atoms with Crippen LogP contribution in [0, 0.1) is 11.3 Å². The summed E-state index contributed by atoms with van der Waals surface area (Å²) < 4.78 is 5.70. The van der Waals surface area contributed by atoms with Crippen molar-refractivity contribution in [2.75, 3.05) is 0 Å². The number of nitrogens with zero attached hydrogens (tertiary/aromatic N) is 1. The number of carbonyl (C=O) groups is 2. The maximum atomic E-state index is 11.2. The van der Waals surface area contributed by atoms with Gasteiger partial charge in [0.1, 0.15) is 11.5 Å². The highest BCUT2D eigenvalue weighted by Gasteiger charge is 2.13. The van der Waals surface area contributed by atoms with E-state index in [-0.39, 0.29) is 16.7 Å². The van der Waals surface area contributed by atoms with Crippen molar-refractivity contribution in [3.63, 3.8) is 0 Å². The second-order valence-corrected chi connectivity index (χ2v) is 6.16. The zero-order valence-corrected chi connectivity index (χ0v) is 15.0. The molecule has 0 unspecified atom stereocenters. The lowest BCUT2D eigenvalue weighted by molar-refractivity contribution is 0.0686. The number of rotatable bonds is 5. The fourth-order valence-corrected chi connectivity index (χ4v) is 2.75. The first-order valence-electron chi connectivity index (χ1n) is 7.97. The van der Waals surface area contributed by atoms with E-state index >= 15 is 0 Å². The maximum absolute atomic E-state index is 11.2. The quantitative estimate of drug-likeness (QED) is 0.586. The lowest BCUT2D eigenvalue weighted by Gasteiger charge is -2.03. The summed E-state index contributed by atoms with van der Waals surface area (Å²) in [5.74, 6) is -1.41. The van der Waals surface area contributed by atoms with Crippen LogP contribution in [0.3, 0.4) is 0 Å². The first-order chi connectivity index (χ1) is 13.4. The van der Waals surface area contributed by atoms with E-state index in [0.717, 1.165) is 0 Å². The molecule has 0 radical (unpaired) electrons. The van der Waals surface area contributed by atoms with Crippen molar-refractivity contribution in [2.45, 2.75) is 0 Å². The Labute approximate surface area is 164 Å². The van der Waals surface area contributed by atoms with Gasteiger partial charge in [-0.1, -0.05) is 23.7 Å². The number of halogens is 1. The van der Waals surface area contributed by atoms with Crippen LogP contribution in [-0.2, 0) is 0 Å². The first-order valence-corrected chi connectivity index (χ1v) is 8.35. The van der Waals surface area contributed by atoms with E-state index in [0.29, 0.717) is 27.7 Å². The van der Waals surface area contributed by atoms with E-state index in [2.05, 4.69) is 0 Å². The Kier molecular flexibility index (Phi) is 5.30. The molecule has 6 nitrogen and oxygen atoms in total. The molecule has 0 aliphatic heterocycles. The van der Waals surface area contributed by atoms with Gasteiger partial charge in [-0.3, -0.25) is 0 Å². The molecule has 3 aromatic rings. The highest BCUT2D eigenvalue weighted by molar-refractivity contribution is 6.33. The molecule has 2 aromatic carbocycles. The first kappa shape index (κ1) is 19.0. The Hall–Kier alpha value is -3.82. The zero-order valence-electron chi connectivity index (χ0n) is 14.2. The predicted molar refractivity (Wildman–Crippen MR) is 103 cm³/mol. The van der Waals surface area contributed by atoms with E-state index < -0.39 is 11.9 Å². The van der Waals surface area contributed by atoms with Crippen molar-refractivity contribution in [1.29, 1.82) is 5.26 Å². The molecule has 1 heterocycles. The van der Waals surface area contributed by atoms with Crippen LogP contribution in [0.25, 0.3) is 23.0 Å². The van der Waals surface area contributed by atoms with E-state index in [1.165, 1.54) is 48.5 Å². The molecule has 3 rings (SSSR count). The Morgan fingerprint density at radius 3 is 2.14 bits per heavy atom. The minimum absolute atomic E-state index is 0.0733. The van der Waals surface area contributed by atoms with Crippen LogP contribution >= 0.6 is 11.6 Å². The van der Waals surface area contributed by atoms with E-state index in [9.17, 15) is 14.9 Å². The minimum atomic E-state index is -1.08. The second kappa shape index (κ2) is 7.82. The summed E-state index contributed by atoms with van der Waals surface area (Å²) in [6, 6.07) is 15.5. The molecule has 1 aromatic heterocycles. The molecule has 138 valence electrons. The molecule has 0 amide bonds. The SMILES string of the molecule is N#C/C(=C/c1ccc(-c2cc(C(=O)O)ccc2Cl)o1)c1ccc(C(=O)O)cc1. The normalized spacial score (nSPS) is 11.1. The topological polar surface area (TPSA) is 112 Å². The molecule has 0 bridgehead atoms. The van der Waals surface area contributed by atoms with Crippen molar-refractivity contribution in [2.24, 2.45) is 0 Å². The molecule has 28 heavy (non-hydrogen) atoms. The maximum Gasteiger partial charge on any atom is 0.335 e. The highest BCUT2D eigenvalue weighted by Crippen LogP contribution is 2.31. The number of carboxylic acid groups (broad SMARTS) is 2. The lowest BCUT2D eigenvalue weighted by Crippen LogP contribution is -1.96. The summed E-state index contributed by atoms with van der Waals surface area (Å²) in [5, 5.41) is 27.8. The minimum Gasteiger partial charge on any atom is -0.478 e. The Morgan fingerprint density at radius 1 is 0.929 bits per heavy atom. The average Bonchev–Trinajstić information content (AvgIpc) is 3.14. The van der Waals surface area contributed by atoms with Crippen molar-refractivity contribution >= 4 is 35.2 Å². The van der Waals surface area contributed by atoms with Crippen LogP contribution < -0.4 is 0 Å². The van der Waals surface area contributed by atoms with Crippen molar-refractivity contribution in [3.8, 4) is 17.4 Å². The van der Waals surface area contributed by atoms with Crippen LogP contribution in [-0.4, -0.2) is 22.2 Å². The molecule has 0 atom stereocenters. The number of furan rings is 1. The molecular weight excluding hydrogens is 382 g/mol. The third-order valence-corrected chi connectivity index (χ3v) is 4.29. The number of allylic oxidation sites excluding steroid dienone is 1. The van der Waals surface area contributed by atoms with Gasteiger partial charge in [0.05, 0.1) is 27.8 Å². The van der Waals surface area contributed by atoms with Gasteiger partial charge in [-0.25, -0.2) is 9.59 Å². The molecular formula is C21H12ClNO5. The number of aromatic carboxylic acids is 2. The van der Waals surface area contributed by atoms with Gasteiger partial charge in [-0.05, 0) is 54.1 Å². The molecule has 0 spiro atoms. The van der Waals surface area contributed by atoms with E-state index in [1.54, 1.807) is 12.1 Å². The summed E-state index contributed by atoms with van der Waals surface area (Å²) in [5.41, 5.74) is 1.43. The summed E-state index contributed by atoms with van der Waals surface area (Å²) in [6.45, 7) is 0. The average molecular weight is 394 g/mol. The molecule has 0 fully saturated rings. The fraction of sp³-hybridized carbons (Fsp3) is 0. The summed E-state index contributed by atoms with van der Waals surface area (Å²) in [7, 11) is 0. The van der Waals surface area contributed by atoms with E-state index in [4.69, 9.17) is 26.2 Å². The third kappa shape index (κ3) is 3.95.